The molecule has 1 aliphatic heterocycles. The number of carbonyl (C=O) groups excluding carboxylic acids is 2. The highest BCUT2D eigenvalue weighted by atomic mass is 19.4. The molecule has 1 atom stereocenters. The lowest BCUT2D eigenvalue weighted by atomic mass is 9.96. The van der Waals surface area contributed by atoms with Gasteiger partial charge in [-0.2, -0.15) is 13.2 Å². The lowest BCUT2D eigenvalue weighted by Gasteiger charge is -2.10. The summed E-state index contributed by atoms with van der Waals surface area (Å²) in [4.78, 5) is 22.3. The molecule has 84 valence electrons. The van der Waals surface area contributed by atoms with Crippen LogP contribution in [0.15, 0.2) is 24.3 Å². The Labute approximate surface area is 88.3 Å². The first kappa shape index (κ1) is 10.7. The van der Waals surface area contributed by atoms with Gasteiger partial charge in [-0.05, 0) is 11.6 Å². The molecular weight excluding hydrogens is 223 g/mol. The molecule has 0 fully saturated rings. The molecule has 1 aromatic carbocycles. The van der Waals surface area contributed by atoms with E-state index in [0.717, 1.165) is 0 Å². The summed E-state index contributed by atoms with van der Waals surface area (Å²) in [6.45, 7) is 0. The zero-order valence-electron chi connectivity index (χ0n) is 7.84. The zero-order valence-corrected chi connectivity index (χ0v) is 7.84. The molecular formula is C10H6F3NO2. The molecule has 3 nitrogen and oxygen atoms in total. The first-order chi connectivity index (χ1) is 7.41. The third-order valence-electron chi connectivity index (χ3n) is 2.33. The van der Waals surface area contributed by atoms with Crippen LogP contribution in [0.4, 0.5) is 18.9 Å². The number of amides is 1. The number of ketones is 1. The van der Waals surface area contributed by atoms with E-state index in [9.17, 15) is 22.8 Å². The molecule has 1 aromatic rings. The van der Waals surface area contributed by atoms with E-state index >= 15 is 0 Å². The van der Waals surface area contributed by atoms with Crippen LogP contribution in [0.1, 0.15) is 11.5 Å². The number of halogens is 3. The number of Topliss-reactive ketones (excluding diaryl/α,β-unsaturated/α-hetero) is 1. The van der Waals surface area contributed by atoms with Crippen LogP contribution in [-0.4, -0.2) is 17.9 Å². The Kier molecular flexibility index (Phi) is 2.22. The van der Waals surface area contributed by atoms with Crippen molar-refractivity contribution in [3.63, 3.8) is 0 Å². The largest absolute Gasteiger partial charge is 0.451 e. The molecule has 0 unspecified atom stereocenters. The first-order valence-corrected chi connectivity index (χ1v) is 4.42. The number of carbonyl (C=O) groups is 2. The molecule has 16 heavy (non-hydrogen) atoms. The lowest BCUT2D eigenvalue weighted by Crippen LogP contribution is -2.32. The van der Waals surface area contributed by atoms with Crippen molar-refractivity contribution >= 4 is 17.4 Å². The number of fused-ring (bicyclic) bond motifs is 1. The van der Waals surface area contributed by atoms with E-state index in [0.29, 0.717) is 0 Å². The van der Waals surface area contributed by atoms with Crippen molar-refractivity contribution in [2.24, 2.45) is 0 Å². The smallest absolute Gasteiger partial charge is 0.325 e. The average molecular weight is 229 g/mol. The van der Waals surface area contributed by atoms with Gasteiger partial charge in [0.25, 0.3) is 5.78 Å². The SMILES string of the molecule is O=C1Nc2ccccc2[C@H]1C(=O)C(F)(F)F. The molecule has 0 bridgehead atoms. The second-order valence-electron chi connectivity index (χ2n) is 3.37. The van der Waals surface area contributed by atoms with Gasteiger partial charge in [0.2, 0.25) is 5.91 Å². The van der Waals surface area contributed by atoms with Crippen LogP contribution < -0.4 is 5.32 Å². The van der Waals surface area contributed by atoms with Crippen LogP contribution in [0.3, 0.4) is 0 Å². The van der Waals surface area contributed by atoms with E-state index in [1.54, 1.807) is 6.07 Å². The minimum atomic E-state index is -5.00. The van der Waals surface area contributed by atoms with Crippen molar-refractivity contribution in [3.8, 4) is 0 Å². The molecule has 1 heterocycles. The van der Waals surface area contributed by atoms with Gasteiger partial charge in [-0.3, -0.25) is 9.59 Å². The third-order valence-corrected chi connectivity index (χ3v) is 2.33. The Balaban J connectivity index is 2.44. The molecule has 0 aromatic heterocycles. The minimum Gasteiger partial charge on any atom is -0.325 e. The van der Waals surface area contributed by atoms with Crippen molar-refractivity contribution in [2.45, 2.75) is 12.1 Å². The quantitative estimate of drug-likeness (QED) is 0.747. The number of alkyl halides is 3. The van der Waals surface area contributed by atoms with E-state index in [4.69, 9.17) is 0 Å². The summed E-state index contributed by atoms with van der Waals surface area (Å²) in [7, 11) is 0. The maximum absolute atomic E-state index is 12.2. The number of benzene rings is 1. The van der Waals surface area contributed by atoms with Gasteiger partial charge < -0.3 is 5.32 Å². The van der Waals surface area contributed by atoms with E-state index in [1.165, 1.54) is 18.2 Å². The predicted molar refractivity (Wildman–Crippen MR) is 48.9 cm³/mol. The number of hydrogen-bond acceptors (Lipinski definition) is 2. The van der Waals surface area contributed by atoms with Crippen molar-refractivity contribution in [2.75, 3.05) is 5.32 Å². The molecule has 0 aliphatic carbocycles. The Bertz CT molecular complexity index is 467. The highest BCUT2D eigenvalue weighted by Crippen LogP contribution is 2.36. The van der Waals surface area contributed by atoms with Gasteiger partial charge in [-0.1, -0.05) is 18.2 Å². The summed E-state index contributed by atoms with van der Waals surface area (Å²) in [6.07, 6.45) is -5.00. The van der Waals surface area contributed by atoms with Crippen molar-refractivity contribution in [3.05, 3.63) is 29.8 Å². The van der Waals surface area contributed by atoms with Gasteiger partial charge in [0.15, 0.2) is 0 Å². The van der Waals surface area contributed by atoms with Crippen molar-refractivity contribution < 1.29 is 22.8 Å². The topological polar surface area (TPSA) is 46.2 Å². The van der Waals surface area contributed by atoms with Crippen LogP contribution >= 0.6 is 0 Å². The first-order valence-electron chi connectivity index (χ1n) is 4.42. The van der Waals surface area contributed by atoms with E-state index < -0.39 is 23.8 Å². The maximum Gasteiger partial charge on any atom is 0.451 e. The van der Waals surface area contributed by atoms with Crippen molar-refractivity contribution in [1.29, 1.82) is 0 Å². The van der Waals surface area contributed by atoms with Gasteiger partial charge in [0, 0.05) is 5.69 Å². The summed E-state index contributed by atoms with van der Waals surface area (Å²) < 4.78 is 36.7. The normalized spacial score (nSPS) is 19.2. The van der Waals surface area contributed by atoms with Gasteiger partial charge >= 0.3 is 6.18 Å². The average Bonchev–Trinajstić information content (AvgIpc) is 2.51. The molecule has 2 rings (SSSR count). The lowest BCUT2D eigenvalue weighted by molar-refractivity contribution is -0.173. The molecule has 0 saturated heterocycles. The van der Waals surface area contributed by atoms with Gasteiger partial charge in [0.1, 0.15) is 5.92 Å². The van der Waals surface area contributed by atoms with Gasteiger partial charge in [0.05, 0.1) is 0 Å². The third kappa shape index (κ3) is 1.56. The number of hydrogen-bond donors (Lipinski definition) is 1. The van der Waals surface area contributed by atoms with E-state index in [2.05, 4.69) is 5.32 Å². The fourth-order valence-electron chi connectivity index (χ4n) is 1.63. The summed E-state index contributed by atoms with van der Waals surface area (Å²) in [5, 5.41) is 2.24. The Hall–Kier alpha value is -1.85. The second-order valence-corrected chi connectivity index (χ2v) is 3.37. The molecule has 1 amide bonds. The van der Waals surface area contributed by atoms with Crippen LogP contribution in [0.25, 0.3) is 0 Å². The summed E-state index contributed by atoms with van der Waals surface area (Å²) in [6, 6.07) is 5.84. The number of nitrogens with one attached hydrogen (secondary N) is 1. The molecule has 1 aliphatic rings. The highest BCUT2D eigenvalue weighted by molar-refractivity contribution is 6.18. The molecule has 6 heteroatoms. The summed E-state index contributed by atoms with van der Waals surface area (Å²) in [5.41, 5.74) is 0.338. The standard InChI is InChI=1S/C10H6F3NO2/c11-10(12,13)8(15)7-5-3-1-2-4-6(5)14-9(7)16/h1-4,7H,(H,14,16)/t7-/m0/s1. The van der Waals surface area contributed by atoms with Crippen LogP contribution in [0.2, 0.25) is 0 Å². The van der Waals surface area contributed by atoms with Crippen LogP contribution in [0.5, 0.6) is 0 Å². The van der Waals surface area contributed by atoms with E-state index in [-0.39, 0.29) is 11.3 Å². The Morgan fingerprint density at radius 2 is 1.88 bits per heavy atom. The fourth-order valence-corrected chi connectivity index (χ4v) is 1.63. The van der Waals surface area contributed by atoms with Gasteiger partial charge in [-0.25, -0.2) is 0 Å². The number of anilines is 1. The van der Waals surface area contributed by atoms with Crippen LogP contribution in [0, 0.1) is 0 Å². The zero-order chi connectivity index (χ0) is 11.9. The number of para-hydroxylation sites is 1. The monoisotopic (exact) mass is 229 g/mol. The molecule has 1 N–H and O–H groups in total. The molecule has 0 saturated carbocycles. The predicted octanol–water partition coefficient (Wildman–Crippen LogP) is 1.85. The maximum atomic E-state index is 12.2. The summed E-state index contributed by atoms with van der Waals surface area (Å²) >= 11 is 0. The van der Waals surface area contributed by atoms with Crippen LogP contribution in [-0.2, 0) is 9.59 Å². The Morgan fingerprint density at radius 3 is 2.50 bits per heavy atom. The Morgan fingerprint density at radius 1 is 1.25 bits per heavy atom. The second kappa shape index (κ2) is 3.33. The van der Waals surface area contributed by atoms with E-state index in [1.807, 2.05) is 0 Å². The molecule has 0 spiro atoms. The summed E-state index contributed by atoms with van der Waals surface area (Å²) in [5.74, 6) is -4.73. The molecule has 0 radical (unpaired) electrons. The fraction of sp³-hybridized carbons (Fsp3) is 0.200. The van der Waals surface area contributed by atoms with Gasteiger partial charge in [-0.15, -0.1) is 0 Å². The number of rotatable bonds is 1. The highest BCUT2D eigenvalue weighted by Gasteiger charge is 2.49. The minimum absolute atomic E-state index is 0.0785. The van der Waals surface area contributed by atoms with Crippen molar-refractivity contribution in [1.82, 2.24) is 0 Å².